The van der Waals surface area contributed by atoms with Gasteiger partial charge in [0.1, 0.15) is 84.8 Å². The molecule has 2 bridgehead atoms. The number of aromatic amines is 1. The highest BCUT2D eigenvalue weighted by Crippen LogP contribution is 2.30. The second-order valence-corrected chi connectivity index (χ2v) is 38.7. The van der Waals surface area contributed by atoms with E-state index in [1.807, 2.05) is 30.3 Å². The van der Waals surface area contributed by atoms with Crippen LogP contribution < -0.4 is 70.4 Å². The molecule has 41 heteroatoms. The van der Waals surface area contributed by atoms with Crippen LogP contribution in [0, 0.1) is 11.8 Å². The van der Waals surface area contributed by atoms with E-state index in [0.717, 1.165) is 25.8 Å². The number of amides is 17. The normalized spacial score (nSPS) is 25.2. The number of fused-ring (bicyclic) bond motifs is 8. The van der Waals surface area contributed by atoms with E-state index in [1.165, 1.54) is 34.7 Å². The Balaban J connectivity index is 0.944. The number of para-hydroxylation sites is 2. The lowest BCUT2D eigenvalue weighted by molar-refractivity contribution is -0.147. The first-order chi connectivity index (χ1) is 65.9. The molecule has 0 radical (unpaired) electrons. The lowest BCUT2D eigenvalue weighted by Gasteiger charge is -2.38. The zero-order valence-corrected chi connectivity index (χ0v) is 79.7. The van der Waals surface area contributed by atoms with Crippen molar-refractivity contribution in [2.75, 3.05) is 64.9 Å². The van der Waals surface area contributed by atoms with E-state index in [-0.39, 0.29) is 115 Å². The minimum atomic E-state index is -2.44. The van der Waals surface area contributed by atoms with Gasteiger partial charge in [-0.05, 0) is 153 Å². The molecule has 6 aromatic rings. The minimum absolute atomic E-state index is 0.00432. The van der Waals surface area contributed by atoms with E-state index in [4.69, 9.17) is 17.2 Å². The number of aromatic nitrogens is 2. The first-order valence-corrected chi connectivity index (χ1v) is 48.9. The summed E-state index contributed by atoms with van der Waals surface area (Å²) in [5, 5.41) is 38.5. The minimum Gasteiger partial charge on any atom is -0.616 e. The maximum atomic E-state index is 15.6. The molecule has 11 rings (SSSR count). The molecular formula is C97H130N20O20S. The molecule has 0 saturated carbocycles. The first-order valence-electron chi connectivity index (χ1n) is 47.5. The number of nitrogens with zero attached hydrogens (tertiary/aromatic N) is 6. The molecule has 5 fully saturated rings. The summed E-state index contributed by atoms with van der Waals surface area (Å²) in [4.78, 5) is 273. The lowest BCUT2D eigenvalue weighted by atomic mass is 9.96. The van der Waals surface area contributed by atoms with Crippen LogP contribution in [-0.4, -0.2) is 294 Å². The molecule has 0 spiro atoms. The summed E-state index contributed by atoms with van der Waals surface area (Å²) in [5.74, 6) is -18.7. The van der Waals surface area contributed by atoms with Crippen LogP contribution in [0.1, 0.15) is 160 Å². The number of nitrogens with two attached hydrogens (primary N) is 3. The second kappa shape index (κ2) is 49.6. The number of carbonyl (C=O) groups excluding carboxylic acids is 17. The molecule has 5 aliphatic rings. The van der Waals surface area contributed by atoms with Crippen molar-refractivity contribution in [2.45, 2.75) is 248 Å². The fraction of sp³-hybridized carbons (Fsp3) is 0.526. The van der Waals surface area contributed by atoms with Gasteiger partial charge in [0.25, 0.3) is 5.91 Å². The van der Waals surface area contributed by atoms with Crippen LogP contribution in [0.5, 0.6) is 0 Å². The van der Waals surface area contributed by atoms with Crippen LogP contribution >= 0.6 is 0 Å². The number of benzene rings is 4. The van der Waals surface area contributed by atoms with Crippen molar-refractivity contribution in [1.82, 2.24) is 87.2 Å². The fourth-order valence-corrected chi connectivity index (χ4v) is 20.1. The van der Waals surface area contributed by atoms with Gasteiger partial charge in [0.15, 0.2) is 11.8 Å². The summed E-state index contributed by atoms with van der Waals surface area (Å²) < 4.78 is 16.2. The van der Waals surface area contributed by atoms with E-state index in [0.29, 0.717) is 89.9 Å². The second-order valence-electron chi connectivity index (χ2n) is 37.2. The number of aliphatic carboxylic acids is 1. The van der Waals surface area contributed by atoms with Crippen molar-refractivity contribution < 1.29 is 96.0 Å². The molecule has 7 heterocycles. The molecule has 18 N–H and O–H groups in total. The van der Waals surface area contributed by atoms with Gasteiger partial charge in [0, 0.05) is 87.2 Å². The molecule has 40 nitrogen and oxygen atoms in total. The first kappa shape index (κ1) is 105. The van der Waals surface area contributed by atoms with E-state index in [9.17, 15) is 52.8 Å². The topological polar surface area (TPSA) is 586 Å². The van der Waals surface area contributed by atoms with Gasteiger partial charge < -0.3 is 114 Å². The Bertz CT molecular complexity index is 5420. The number of primary amides is 2. The summed E-state index contributed by atoms with van der Waals surface area (Å²) in [5.41, 5.74) is 21.8. The summed E-state index contributed by atoms with van der Waals surface area (Å²) >= 11 is -2.44. The monoisotopic (exact) mass is 1930 g/mol. The SMILES string of the molecule is CC(C)C[C@@H]1NC(=O)C2CCCCCCC(NC(=O)[C@H](Cc3cn(CC(=O)O)c4ccccc34)NC(=O)[C@H](CCN)NC(=O)[C@H](Cc3c[nH]c4ccccc34)NC(=O)[C@@H]3CCCCN3C(=O)[C@H](CC(C)C)NC(=O)CNC(=O)[C@H]3CCCN3C(=O)[C@@H](CC(N)=O)NC(=O)[C@@H]3CCCCN3C(=O)[C@H](Cc3ccc(-c4ccccc4)cc3)NC(=O)C[S+]([O-])C[C@@H](C(=O)NCC(N)=O)N(C)C1=O)C(=O)N2C. The van der Waals surface area contributed by atoms with E-state index in [2.05, 4.69) is 58.2 Å². The standard InChI is InChI=1S/C97H130N20O20S/c1-56(2)43-70-94(133)113(6)79(89(128)102-50-81(100)119)54-138(137)55-83(121)105-72(45-58-34-36-60(37-35-58)59-23-10-9-11-24-59)96(135)116-41-21-19-32-78(116)92(131)111-73(48-80(99)118)97(136)117-42-22-33-76(117)88(127)103-51-82(120)104-71(44-57(3)4)95(134)115-40-20-18-31-77(115)91(130)109-68(46-61-49-101-65-27-16-14-25-63(61)65)86(125)106-66(38-39-98)85(124)108-69(47-62-52-114(53-84(122)123)74-29-17-15-26-64(62)74)87(126)107-67-28-12-7-8-13-30-75(90(129)110-70)112(5)93(67)132/h9-11,14-17,23-27,29,34-37,49,52,56-57,66-73,75-79,101H,7-8,12-13,18-22,28,30-33,38-48,50-51,53-55,98H2,1-6H3,(H2,99,118)(H2,100,119)(H,102,128)(H,103,127)(H,104,120)(H,105,121)(H,106,125)(H,107,126)(H,108,124)(H,109,130)(H,110,129)(H,111,131)(H,122,123)/t66-,67?,68-,69-,70-,71-,72-,73+,75?,76+,77-,78-,79-,138?/m0/s1. The summed E-state index contributed by atoms with van der Waals surface area (Å²) in [7, 11) is 2.53. The average molecular weight is 1930 g/mol. The van der Waals surface area contributed by atoms with Crippen LogP contribution in [0.25, 0.3) is 32.9 Å². The average Bonchev–Trinajstić information content (AvgIpc) is 1.67. The summed E-state index contributed by atoms with van der Waals surface area (Å²) in [6, 6.07) is 11.2. The van der Waals surface area contributed by atoms with Crippen molar-refractivity contribution >= 4 is 139 Å². The third kappa shape index (κ3) is 28.2. The molecule has 5 aliphatic heterocycles. The fourth-order valence-electron chi connectivity index (χ4n) is 18.9. The molecule has 3 unspecified atom stereocenters. The molecule has 0 aliphatic carbocycles. The number of carboxylic acid groups (broad SMARTS) is 1. The van der Waals surface area contributed by atoms with E-state index in [1.54, 1.807) is 107 Å². The maximum Gasteiger partial charge on any atom is 0.323 e. The van der Waals surface area contributed by atoms with Gasteiger partial charge in [0.2, 0.25) is 94.5 Å². The molecule has 138 heavy (non-hydrogen) atoms. The van der Waals surface area contributed by atoms with Gasteiger partial charge in [0.05, 0.1) is 19.5 Å². The molecule has 2 aromatic heterocycles. The summed E-state index contributed by atoms with van der Waals surface area (Å²) in [6.07, 6.45) is 5.09. The molecule has 14 atom stereocenters. The number of hydrogen-bond donors (Lipinski definition) is 15. The Morgan fingerprint density at radius 3 is 1.61 bits per heavy atom. The molecule has 744 valence electrons. The van der Waals surface area contributed by atoms with E-state index >= 15 is 43.2 Å². The quantitative estimate of drug-likeness (QED) is 0.0458. The molecule has 4 aromatic carbocycles. The number of likely N-dealkylation sites (N-methyl/N-ethyl adjacent to an activating group) is 2. The highest BCUT2D eigenvalue weighted by atomic mass is 32.2. The number of hydrogen-bond acceptors (Lipinski definition) is 20. The van der Waals surface area contributed by atoms with Crippen LogP contribution in [0.3, 0.4) is 0 Å². The Morgan fingerprint density at radius 1 is 0.478 bits per heavy atom. The predicted octanol–water partition coefficient (Wildman–Crippen LogP) is 0.338. The lowest BCUT2D eigenvalue weighted by Crippen LogP contribution is -2.62. The molecular weight excluding hydrogens is 1800 g/mol. The van der Waals surface area contributed by atoms with Crippen molar-refractivity contribution in [1.29, 1.82) is 0 Å². The molecule has 17 amide bonds. The number of H-pyrrole nitrogens is 1. The Morgan fingerprint density at radius 2 is 0.978 bits per heavy atom. The maximum absolute atomic E-state index is 15.6. The van der Waals surface area contributed by atoms with Crippen LogP contribution in [0.2, 0.25) is 0 Å². The number of rotatable bonds is 20. The van der Waals surface area contributed by atoms with E-state index < -0.39 is 234 Å². The van der Waals surface area contributed by atoms with Gasteiger partial charge in [-0.25, -0.2) is 0 Å². The Labute approximate surface area is 803 Å². The number of piperidine rings is 2. The van der Waals surface area contributed by atoms with Crippen LogP contribution in [0.4, 0.5) is 0 Å². The third-order valence-electron chi connectivity index (χ3n) is 26.0. The smallest absolute Gasteiger partial charge is 0.323 e. The largest absolute Gasteiger partial charge is 0.616 e. The van der Waals surface area contributed by atoms with Gasteiger partial charge in [-0.3, -0.25) is 86.3 Å². The Hall–Kier alpha value is -13.3. The Kier molecular flexibility index (Phi) is 37.8. The zero-order chi connectivity index (χ0) is 99.7. The zero-order valence-electron chi connectivity index (χ0n) is 78.9. The van der Waals surface area contributed by atoms with Crippen LogP contribution in [0.15, 0.2) is 116 Å². The van der Waals surface area contributed by atoms with Crippen molar-refractivity contribution in [3.63, 3.8) is 0 Å². The van der Waals surface area contributed by atoms with Crippen molar-refractivity contribution in [3.05, 3.63) is 132 Å². The third-order valence-corrected chi connectivity index (χ3v) is 27.2. The number of carboxylic acids is 1. The predicted molar refractivity (Wildman–Crippen MR) is 510 cm³/mol. The summed E-state index contributed by atoms with van der Waals surface area (Å²) in [6.45, 7) is 4.77. The highest BCUT2D eigenvalue weighted by Gasteiger charge is 2.46. The number of carbonyl (C=O) groups is 18. The van der Waals surface area contributed by atoms with Crippen molar-refractivity contribution in [3.8, 4) is 11.1 Å². The molecule has 5 saturated heterocycles. The van der Waals surface area contributed by atoms with Gasteiger partial charge in [-0.2, -0.15) is 0 Å². The van der Waals surface area contributed by atoms with Crippen molar-refractivity contribution in [2.24, 2.45) is 29.0 Å². The van der Waals surface area contributed by atoms with Crippen LogP contribution in [-0.2, 0) is 123 Å². The van der Waals surface area contributed by atoms with Gasteiger partial charge in [-0.1, -0.05) is 144 Å². The highest BCUT2D eigenvalue weighted by molar-refractivity contribution is 7.92. The van der Waals surface area contributed by atoms with Gasteiger partial charge in [-0.15, -0.1) is 0 Å². The number of nitrogens with one attached hydrogen (secondary N) is 11. The van der Waals surface area contributed by atoms with Gasteiger partial charge >= 0.3 is 5.97 Å².